The van der Waals surface area contributed by atoms with Crippen molar-refractivity contribution in [1.29, 1.82) is 0 Å². The third-order valence-corrected chi connectivity index (χ3v) is 3.28. The van der Waals surface area contributed by atoms with Crippen LogP contribution in [0.15, 0.2) is 12.3 Å². The molecule has 1 heterocycles. The minimum atomic E-state index is -4.50. The second kappa shape index (κ2) is 4.76. The average molecular weight is 261 g/mol. The second-order valence-corrected chi connectivity index (χ2v) is 4.43. The lowest BCUT2D eigenvalue weighted by atomic mass is 9.96. The number of hydrogen-bond acceptors (Lipinski definition) is 3. The summed E-state index contributed by atoms with van der Waals surface area (Å²) in [6, 6.07) is 1.03. The maximum Gasteiger partial charge on any atom is 0.421 e. The van der Waals surface area contributed by atoms with E-state index >= 15 is 0 Å². The normalized spacial score (nSPS) is 24.3. The maximum atomic E-state index is 12.8. The number of halogens is 3. The van der Waals surface area contributed by atoms with Gasteiger partial charge >= 0.3 is 6.18 Å². The van der Waals surface area contributed by atoms with Crippen LogP contribution in [0.1, 0.15) is 36.3 Å². The van der Waals surface area contributed by atoms with E-state index in [2.05, 4.69) is 9.72 Å². The maximum absolute atomic E-state index is 12.8. The molecule has 100 valence electrons. The van der Waals surface area contributed by atoms with Crippen LogP contribution in [0.4, 0.5) is 13.2 Å². The van der Waals surface area contributed by atoms with Gasteiger partial charge in [-0.2, -0.15) is 13.2 Å². The van der Waals surface area contributed by atoms with Gasteiger partial charge in [0, 0.05) is 12.1 Å². The highest BCUT2D eigenvalue weighted by molar-refractivity contribution is 5.34. The van der Waals surface area contributed by atoms with Crippen LogP contribution in [-0.4, -0.2) is 23.3 Å². The van der Waals surface area contributed by atoms with E-state index in [0.717, 1.165) is 19.6 Å². The number of pyridine rings is 1. The van der Waals surface area contributed by atoms with Gasteiger partial charge < -0.3 is 9.84 Å². The monoisotopic (exact) mass is 261 g/mol. The Morgan fingerprint density at radius 2 is 2.11 bits per heavy atom. The van der Waals surface area contributed by atoms with E-state index in [1.807, 2.05) is 0 Å². The standard InChI is InChI=1S/C12H14F3NO2/c1-18-11-9(12(13,14)15)5-7(6-16-11)8-3-2-4-10(8)17/h5-6,8,10,17H,2-4H2,1H3/t8?,10-/m0/s1. The van der Waals surface area contributed by atoms with Gasteiger partial charge in [-0.25, -0.2) is 4.98 Å². The third-order valence-electron chi connectivity index (χ3n) is 3.28. The van der Waals surface area contributed by atoms with E-state index in [1.165, 1.54) is 6.20 Å². The molecule has 1 aromatic heterocycles. The summed E-state index contributed by atoms with van der Waals surface area (Å²) in [5, 5.41) is 9.72. The summed E-state index contributed by atoms with van der Waals surface area (Å²) in [5.74, 6) is -0.691. The van der Waals surface area contributed by atoms with Gasteiger partial charge in [-0.1, -0.05) is 6.42 Å². The summed E-state index contributed by atoms with van der Waals surface area (Å²) >= 11 is 0. The smallest absolute Gasteiger partial charge is 0.421 e. The Morgan fingerprint density at radius 3 is 2.61 bits per heavy atom. The Kier molecular flexibility index (Phi) is 3.47. The van der Waals surface area contributed by atoms with Crippen molar-refractivity contribution in [3.8, 4) is 5.88 Å². The van der Waals surface area contributed by atoms with E-state index < -0.39 is 23.7 Å². The molecule has 1 unspecified atom stereocenters. The van der Waals surface area contributed by atoms with E-state index in [-0.39, 0.29) is 5.92 Å². The first kappa shape index (κ1) is 13.1. The predicted octanol–water partition coefficient (Wildman–Crippen LogP) is 2.74. The molecule has 0 aliphatic heterocycles. The zero-order valence-electron chi connectivity index (χ0n) is 9.87. The Bertz CT molecular complexity index is 434. The molecule has 2 atom stereocenters. The predicted molar refractivity (Wildman–Crippen MR) is 58.4 cm³/mol. The van der Waals surface area contributed by atoms with Crippen LogP contribution in [-0.2, 0) is 6.18 Å². The van der Waals surface area contributed by atoms with Crippen molar-refractivity contribution in [2.24, 2.45) is 0 Å². The topological polar surface area (TPSA) is 42.4 Å². The number of aromatic nitrogens is 1. The molecule has 0 bridgehead atoms. The number of hydrogen-bond donors (Lipinski definition) is 1. The molecule has 18 heavy (non-hydrogen) atoms. The van der Waals surface area contributed by atoms with Gasteiger partial charge in [-0.05, 0) is 24.5 Å². The Morgan fingerprint density at radius 1 is 1.39 bits per heavy atom. The highest BCUT2D eigenvalue weighted by Gasteiger charge is 2.37. The zero-order chi connectivity index (χ0) is 13.3. The quantitative estimate of drug-likeness (QED) is 0.890. The van der Waals surface area contributed by atoms with Crippen molar-refractivity contribution in [3.05, 3.63) is 23.4 Å². The number of ether oxygens (including phenoxy) is 1. The number of methoxy groups -OCH3 is 1. The van der Waals surface area contributed by atoms with E-state index in [1.54, 1.807) is 0 Å². The minimum absolute atomic E-state index is 0.260. The van der Waals surface area contributed by atoms with Crippen LogP contribution >= 0.6 is 0 Å². The Labute approximate surface area is 103 Å². The number of aliphatic hydroxyl groups excluding tert-OH is 1. The molecule has 1 N–H and O–H groups in total. The largest absolute Gasteiger partial charge is 0.481 e. The van der Waals surface area contributed by atoms with E-state index in [0.29, 0.717) is 18.4 Å². The van der Waals surface area contributed by atoms with Gasteiger partial charge in [0.2, 0.25) is 5.88 Å². The zero-order valence-corrected chi connectivity index (χ0v) is 9.87. The van der Waals surface area contributed by atoms with Crippen LogP contribution in [0.2, 0.25) is 0 Å². The van der Waals surface area contributed by atoms with Crippen LogP contribution in [0.25, 0.3) is 0 Å². The molecular weight excluding hydrogens is 247 g/mol. The number of rotatable bonds is 2. The average Bonchev–Trinajstić information content (AvgIpc) is 2.73. The van der Waals surface area contributed by atoms with Crippen molar-refractivity contribution < 1.29 is 23.0 Å². The first-order valence-corrected chi connectivity index (χ1v) is 5.72. The molecule has 6 heteroatoms. The molecule has 1 aliphatic rings. The lowest BCUT2D eigenvalue weighted by Gasteiger charge is -2.17. The second-order valence-electron chi connectivity index (χ2n) is 4.43. The van der Waals surface area contributed by atoms with Crippen LogP contribution in [0, 0.1) is 0 Å². The summed E-state index contributed by atoms with van der Waals surface area (Å²) < 4.78 is 43.1. The van der Waals surface area contributed by atoms with Crippen molar-refractivity contribution in [3.63, 3.8) is 0 Å². The Hall–Kier alpha value is -1.30. The molecule has 0 spiro atoms. The molecule has 3 nitrogen and oxygen atoms in total. The molecular formula is C12H14F3NO2. The summed E-state index contributed by atoms with van der Waals surface area (Å²) in [4.78, 5) is 3.69. The van der Waals surface area contributed by atoms with Crippen LogP contribution in [0.5, 0.6) is 5.88 Å². The highest BCUT2D eigenvalue weighted by Crippen LogP contribution is 2.40. The fraction of sp³-hybridized carbons (Fsp3) is 0.583. The van der Waals surface area contributed by atoms with Crippen molar-refractivity contribution in [1.82, 2.24) is 4.98 Å². The molecule has 1 saturated carbocycles. The minimum Gasteiger partial charge on any atom is -0.481 e. The molecule has 0 amide bonds. The molecule has 0 aromatic carbocycles. The molecule has 0 radical (unpaired) electrons. The van der Waals surface area contributed by atoms with E-state index in [4.69, 9.17) is 0 Å². The number of nitrogens with zero attached hydrogens (tertiary/aromatic N) is 1. The van der Waals surface area contributed by atoms with Gasteiger partial charge in [0.15, 0.2) is 0 Å². The van der Waals surface area contributed by atoms with Gasteiger partial charge in [0.1, 0.15) is 5.56 Å². The van der Waals surface area contributed by atoms with Crippen LogP contribution < -0.4 is 4.74 Å². The SMILES string of the molecule is COc1ncc(C2CCC[C@@H]2O)cc1C(F)(F)F. The highest BCUT2D eigenvalue weighted by atomic mass is 19.4. The number of aliphatic hydroxyl groups is 1. The Balaban J connectivity index is 2.39. The first-order valence-electron chi connectivity index (χ1n) is 5.72. The molecule has 0 saturated heterocycles. The lowest BCUT2D eigenvalue weighted by molar-refractivity contribution is -0.139. The van der Waals surface area contributed by atoms with Gasteiger partial charge in [0.05, 0.1) is 13.2 Å². The van der Waals surface area contributed by atoms with Gasteiger partial charge in [0.25, 0.3) is 0 Å². The lowest BCUT2D eigenvalue weighted by Crippen LogP contribution is -2.14. The van der Waals surface area contributed by atoms with E-state index in [9.17, 15) is 18.3 Å². The molecule has 1 aromatic rings. The molecule has 1 aliphatic carbocycles. The molecule has 1 fully saturated rings. The van der Waals surface area contributed by atoms with Crippen molar-refractivity contribution in [2.75, 3.05) is 7.11 Å². The molecule has 2 rings (SSSR count). The van der Waals surface area contributed by atoms with Gasteiger partial charge in [-0.3, -0.25) is 0 Å². The first-order chi connectivity index (χ1) is 8.43. The summed E-state index contributed by atoms with van der Waals surface area (Å²) in [5.41, 5.74) is -0.463. The fourth-order valence-corrected chi connectivity index (χ4v) is 2.37. The van der Waals surface area contributed by atoms with Crippen molar-refractivity contribution >= 4 is 0 Å². The third kappa shape index (κ3) is 2.43. The fourth-order valence-electron chi connectivity index (χ4n) is 2.37. The van der Waals surface area contributed by atoms with Crippen LogP contribution in [0.3, 0.4) is 0 Å². The number of alkyl halides is 3. The van der Waals surface area contributed by atoms with Crippen molar-refractivity contribution in [2.45, 2.75) is 37.5 Å². The summed E-state index contributed by atoms with van der Waals surface area (Å²) in [6.45, 7) is 0. The summed E-state index contributed by atoms with van der Waals surface area (Å²) in [6.07, 6.45) is -1.60. The van der Waals surface area contributed by atoms with Gasteiger partial charge in [-0.15, -0.1) is 0 Å². The summed E-state index contributed by atoms with van der Waals surface area (Å²) in [7, 11) is 1.15.